The fourth-order valence-corrected chi connectivity index (χ4v) is 1.12. The molecule has 0 amide bonds. The van der Waals surface area contributed by atoms with Crippen LogP contribution in [0.4, 0.5) is 11.5 Å². The van der Waals surface area contributed by atoms with Gasteiger partial charge in [0.1, 0.15) is 5.82 Å². The highest BCUT2D eigenvalue weighted by molar-refractivity contribution is 5.62. The molecule has 0 spiro atoms. The van der Waals surface area contributed by atoms with Crippen LogP contribution in [0.3, 0.4) is 0 Å². The van der Waals surface area contributed by atoms with Crippen LogP contribution in [-0.4, -0.2) is 21.2 Å². The second-order valence-corrected chi connectivity index (χ2v) is 5.20. The molecule has 16 heavy (non-hydrogen) atoms. The number of hydrogen-bond donors (Lipinski definition) is 3. The number of nitrogens with zero attached hydrogens (tertiary/aromatic N) is 1. The lowest BCUT2D eigenvalue weighted by molar-refractivity contribution is 0.0239. The minimum Gasteiger partial charge on any atom is -0.396 e. The Kier molecular flexibility index (Phi) is 3.15. The maximum absolute atomic E-state index is 10.0. The van der Waals surface area contributed by atoms with Gasteiger partial charge in [-0.1, -0.05) is 0 Å². The first-order valence-electron chi connectivity index (χ1n) is 5.37. The van der Waals surface area contributed by atoms with Crippen molar-refractivity contribution in [2.24, 2.45) is 0 Å². The average molecular weight is 223 g/mol. The summed E-state index contributed by atoms with van der Waals surface area (Å²) in [6.07, 6.45) is 0. The van der Waals surface area contributed by atoms with Crippen LogP contribution in [0.2, 0.25) is 0 Å². The number of rotatable bonds is 3. The van der Waals surface area contributed by atoms with Gasteiger partial charge in [-0.3, -0.25) is 0 Å². The number of nitrogens with two attached hydrogens (primary N) is 1. The van der Waals surface area contributed by atoms with Gasteiger partial charge in [0.15, 0.2) is 0 Å². The van der Waals surface area contributed by atoms with Crippen LogP contribution < -0.4 is 11.1 Å². The van der Waals surface area contributed by atoms with Gasteiger partial charge in [-0.2, -0.15) is 0 Å². The van der Waals surface area contributed by atoms with Gasteiger partial charge in [0.2, 0.25) is 0 Å². The normalized spacial score (nSPS) is 12.6. The van der Waals surface area contributed by atoms with Crippen molar-refractivity contribution in [1.29, 1.82) is 0 Å². The lowest BCUT2D eigenvalue weighted by atomic mass is 9.86. The molecule has 0 saturated heterocycles. The zero-order valence-electron chi connectivity index (χ0n) is 10.6. The Bertz CT molecular complexity index is 380. The molecule has 0 fully saturated rings. The lowest BCUT2D eigenvalue weighted by Crippen LogP contribution is -2.51. The van der Waals surface area contributed by atoms with Crippen molar-refractivity contribution < 1.29 is 5.11 Å². The first-order valence-corrected chi connectivity index (χ1v) is 5.37. The van der Waals surface area contributed by atoms with Gasteiger partial charge < -0.3 is 16.2 Å². The van der Waals surface area contributed by atoms with Crippen molar-refractivity contribution in [3.63, 3.8) is 0 Å². The Labute approximate surface area is 96.9 Å². The molecule has 4 N–H and O–H groups in total. The van der Waals surface area contributed by atoms with E-state index in [-0.39, 0.29) is 0 Å². The fourth-order valence-electron chi connectivity index (χ4n) is 1.12. The number of aromatic nitrogens is 1. The van der Waals surface area contributed by atoms with E-state index in [1.54, 1.807) is 13.8 Å². The quantitative estimate of drug-likeness (QED) is 0.732. The first kappa shape index (κ1) is 12.8. The molecule has 0 aliphatic heterocycles. The molecule has 0 saturated carbocycles. The third-order valence-corrected chi connectivity index (χ3v) is 3.03. The molecule has 0 aliphatic carbocycles. The summed E-state index contributed by atoms with van der Waals surface area (Å²) < 4.78 is 0. The first-order chi connectivity index (χ1) is 7.13. The average Bonchev–Trinajstić information content (AvgIpc) is 2.09. The summed E-state index contributed by atoms with van der Waals surface area (Å²) in [5, 5.41) is 13.2. The van der Waals surface area contributed by atoms with E-state index in [1.165, 1.54) is 0 Å². The van der Waals surface area contributed by atoms with Crippen molar-refractivity contribution in [3.05, 3.63) is 17.8 Å². The summed E-state index contributed by atoms with van der Waals surface area (Å²) in [7, 11) is 0. The van der Waals surface area contributed by atoms with Gasteiger partial charge in [0, 0.05) is 5.69 Å². The molecule has 0 atom stereocenters. The summed E-state index contributed by atoms with van der Waals surface area (Å²) in [5.74, 6) is 0.618. The molecule has 0 radical (unpaired) electrons. The molecule has 1 heterocycles. The molecule has 90 valence electrons. The monoisotopic (exact) mass is 223 g/mol. The molecule has 0 bridgehead atoms. The van der Waals surface area contributed by atoms with Crippen LogP contribution in [0, 0.1) is 6.92 Å². The maximum Gasteiger partial charge on any atom is 0.149 e. The summed E-state index contributed by atoms with van der Waals surface area (Å²) in [5.41, 5.74) is 5.93. The number of nitrogens with one attached hydrogen (secondary N) is 1. The van der Waals surface area contributed by atoms with Gasteiger partial charge in [-0.05, 0) is 46.8 Å². The molecule has 1 aromatic rings. The standard InChI is InChI=1S/C12H21N3O/c1-8-6-7-9(13)10(14-8)15-11(2,3)12(4,5)16/h6-7,16H,13H2,1-5H3,(H,14,15). The summed E-state index contributed by atoms with van der Waals surface area (Å²) >= 11 is 0. The zero-order chi connectivity index (χ0) is 12.6. The highest BCUT2D eigenvalue weighted by Gasteiger charge is 2.35. The van der Waals surface area contributed by atoms with E-state index in [4.69, 9.17) is 5.73 Å². The van der Waals surface area contributed by atoms with E-state index in [9.17, 15) is 5.11 Å². The SMILES string of the molecule is Cc1ccc(N)c(NC(C)(C)C(C)(C)O)n1. The molecule has 4 nitrogen and oxygen atoms in total. The van der Waals surface area contributed by atoms with E-state index in [2.05, 4.69) is 10.3 Å². The van der Waals surface area contributed by atoms with E-state index in [1.807, 2.05) is 32.9 Å². The number of nitrogen functional groups attached to an aromatic ring is 1. The number of hydrogen-bond acceptors (Lipinski definition) is 4. The topological polar surface area (TPSA) is 71.2 Å². The van der Waals surface area contributed by atoms with Crippen molar-refractivity contribution in [2.45, 2.75) is 45.8 Å². The van der Waals surface area contributed by atoms with Crippen molar-refractivity contribution in [2.75, 3.05) is 11.1 Å². The minimum absolute atomic E-state index is 0.512. The smallest absolute Gasteiger partial charge is 0.149 e. The number of aryl methyl sites for hydroxylation is 1. The minimum atomic E-state index is -0.870. The van der Waals surface area contributed by atoms with Crippen LogP contribution in [0.25, 0.3) is 0 Å². The van der Waals surface area contributed by atoms with Gasteiger partial charge in [-0.25, -0.2) is 4.98 Å². The van der Waals surface area contributed by atoms with Crippen LogP contribution >= 0.6 is 0 Å². The number of pyridine rings is 1. The van der Waals surface area contributed by atoms with E-state index in [0.29, 0.717) is 11.5 Å². The predicted molar refractivity (Wildman–Crippen MR) is 67.4 cm³/mol. The van der Waals surface area contributed by atoms with Crippen molar-refractivity contribution in [3.8, 4) is 0 Å². The largest absolute Gasteiger partial charge is 0.396 e. The Hall–Kier alpha value is -1.29. The summed E-state index contributed by atoms with van der Waals surface area (Å²) in [6, 6.07) is 3.67. The fraction of sp³-hybridized carbons (Fsp3) is 0.583. The van der Waals surface area contributed by atoms with E-state index < -0.39 is 11.1 Å². The van der Waals surface area contributed by atoms with E-state index in [0.717, 1.165) is 5.69 Å². The van der Waals surface area contributed by atoms with E-state index >= 15 is 0 Å². The third-order valence-electron chi connectivity index (χ3n) is 3.03. The maximum atomic E-state index is 10.0. The lowest BCUT2D eigenvalue weighted by Gasteiger charge is -2.38. The van der Waals surface area contributed by atoms with Crippen molar-refractivity contribution >= 4 is 11.5 Å². The summed E-state index contributed by atoms with van der Waals surface area (Å²) in [4.78, 5) is 4.32. The highest BCUT2D eigenvalue weighted by Crippen LogP contribution is 2.27. The highest BCUT2D eigenvalue weighted by atomic mass is 16.3. The van der Waals surface area contributed by atoms with Crippen LogP contribution in [0.1, 0.15) is 33.4 Å². The Morgan fingerprint density at radius 1 is 1.25 bits per heavy atom. The van der Waals surface area contributed by atoms with Gasteiger partial charge in [0.25, 0.3) is 0 Å². The van der Waals surface area contributed by atoms with Crippen molar-refractivity contribution in [1.82, 2.24) is 4.98 Å². The number of anilines is 2. The van der Waals surface area contributed by atoms with Crippen LogP contribution in [-0.2, 0) is 0 Å². The second kappa shape index (κ2) is 3.94. The van der Waals surface area contributed by atoms with Crippen LogP contribution in [0.15, 0.2) is 12.1 Å². The Morgan fingerprint density at radius 3 is 2.31 bits per heavy atom. The van der Waals surface area contributed by atoms with Gasteiger partial charge >= 0.3 is 0 Å². The second-order valence-electron chi connectivity index (χ2n) is 5.20. The van der Waals surface area contributed by atoms with Crippen LogP contribution in [0.5, 0.6) is 0 Å². The molecule has 1 aromatic heterocycles. The van der Waals surface area contributed by atoms with Gasteiger partial charge in [0.05, 0.1) is 16.8 Å². The molecule has 0 aliphatic rings. The Morgan fingerprint density at radius 2 is 1.81 bits per heavy atom. The molecule has 4 heteroatoms. The molecule has 0 unspecified atom stereocenters. The summed E-state index contributed by atoms with van der Waals surface area (Å²) in [6.45, 7) is 9.24. The molecular weight excluding hydrogens is 202 g/mol. The van der Waals surface area contributed by atoms with Gasteiger partial charge in [-0.15, -0.1) is 0 Å². The zero-order valence-corrected chi connectivity index (χ0v) is 10.6. The predicted octanol–water partition coefficient (Wildman–Crippen LogP) is 1.93. The molecular formula is C12H21N3O. The Balaban J connectivity index is 3.01. The third kappa shape index (κ3) is 2.64. The molecule has 0 aromatic carbocycles. The number of aliphatic hydroxyl groups is 1. The molecule has 1 rings (SSSR count).